The Kier molecular flexibility index (Phi) is 3.51. The van der Waals surface area contributed by atoms with Gasteiger partial charge >= 0.3 is 0 Å². The van der Waals surface area contributed by atoms with E-state index in [4.69, 9.17) is 5.73 Å². The quantitative estimate of drug-likeness (QED) is 0.810. The molecule has 2 rings (SSSR count). The molecule has 1 heterocycles. The van der Waals surface area contributed by atoms with Gasteiger partial charge in [0.2, 0.25) is 0 Å². The Balaban J connectivity index is 2.02. The highest BCUT2D eigenvalue weighted by Gasteiger charge is 2.40. The largest absolute Gasteiger partial charge is 0.329 e. The van der Waals surface area contributed by atoms with Gasteiger partial charge in [-0.3, -0.25) is 0 Å². The first-order valence-electron chi connectivity index (χ1n) is 5.75. The summed E-state index contributed by atoms with van der Waals surface area (Å²) in [6, 6.07) is 9.93. The topological polar surface area (TPSA) is 72.2 Å². The molecule has 17 heavy (non-hydrogen) atoms. The number of nitrogens with one attached hydrogen (secondary N) is 1. The molecule has 0 aromatic heterocycles. The Morgan fingerprint density at radius 2 is 2.00 bits per heavy atom. The lowest BCUT2D eigenvalue weighted by molar-refractivity contribution is 0.370. The van der Waals surface area contributed by atoms with Gasteiger partial charge in [0.05, 0.1) is 11.5 Å². The molecule has 1 aromatic rings. The molecule has 0 spiro atoms. The molecule has 1 saturated heterocycles. The Bertz CT molecular complexity index is 473. The van der Waals surface area contributed by atoms with Crippen molar-refractivity contribution in [2.45, 2.75) is 18.5 Å². The first-order chi connectivity index (χ1) is 8.05. The summed E-state index contributed by atoms with van der Waals surface area (Å²) < 4.78 is 23.0. The van der Waals surface area contributed by atoms with Gasteiger partial charge < -0.3 is 11.1 Å². The average Bonchev–Trinajstić information content (AvgIpc) is 2.65. The van der Waals surface area contributed by atoms with Gasteiger partial charge in [0.25, 0.3) is 0 Å². The molecule has 1 fully saturated rings. The molecule has 1 aromatic carbocycles. The molecule has 1 aliphatic rings. The van der Waals surface area contributed by atoms with Crippen LogP contribution in [0.15, 0.2) is 30.3 Å². The molecule has 0 aliphatic carbocycles. The fourth-order valence-corrected chi connectivity index (χ4v) is 4.23. The van der Waals surface area contributed by atoms with E-state index in [9.17, 15) is 8.42 Å². The third kappa shape index (κ3) is 3.06. The molecule has 5 heteroatoms. The summed E-state index contributed by atoms with van der Waals surface area (Å²) >= 11 is 0. The second-order valence-corrected chi connectivity index (χ2v) is 6.85. The summed E-state index contributed by atoms with van der Waals surface area (Å²) in [7, 11) is -2.91. The Morgan fingerprint density at radius 1 is 1.29 bits per heavy atom. The summed E-state index contributed by atoms with van der Waals surface area (Å²) in [4.78, 5) is 0. The van der Waals surface area contributed by atoms with Crippen LogP contribution in [0.25, 0.3) is 0 Å². The SMILES string of the molecule is NCC1(NCc2ccccc2)CCS(=O)(=O)C1. The minimum absolute atomic E-state index is 0.156. The van der Waals surface area contributed by atoms with Gasteiger partial charge in [0.1, 0.15) is 0 Å². The number of benzene rings is 1. The van der Waals surface area contributed by atoms with Gasteiger partial charge in [-0.25, -0.2) is 8.42 Å². The smallest absolute Gasteiger partial charge is 0.152 e. The minimum atomic E-state index is -2.91. The molecule has 0 bridgehead atoms. The summed E-state index contributed by atoms with van der Waals surface area (Å²) in [5, 5.41) is 3.31. The van der Waals surface area contributed by atoms with E-state index in [0.29, 0.717) is 19.5 Å². The van der Waals surface area contributed by atoms with Crippen molar-refractivity contribution in [2.24, 2.45) is 5.73 Å². The van der Waals surface area contributed by atoms with Crippen LogP contribution in [0.1, 0.15) is 12.0 Å². The Labute approximate surface area is 102 Å². The lowest BCUT2D eigenvalue weighted by Gasteiger charge is -2.27. The average molecular weight is 254 g/mol. The van der Waals surface area contributed by atoms with Crippen LogP contribution in [0.2, 0.25) is 0 Å². The number of sulfone groups is 1. The van der Waals surface area contributed by atoms with Gasteiger partial charge in [-0.05, 0) is 12.0 Å². The van der Waals surface area contributed by atoms with E-state index in [1.807, 2.05) is 30.3 Å². The normalized spacial score (nSPS) is 27.1. The van der Waals surface area contributed by atoms with E-state index in [2.05, 4.69) is 5.32 Å². The van der Waals surface area contributed by atoms with Gasteiger partial charge in [-0.2, -0.15) is 0 Å². The maximum Gasteiger partial charge on any atom is 0.152 e. The van der Waals surface area contributed by atoms with E-state index in [1.165, 1.54) is 0 Å². The molecule has 1 unspecified atom stereocenters. The van der Waals surface area contributed by atoms with E-state index >= 15 is 0 Å². The zero-order valence-corrected chi connectivity index (χ0v) is 10.5. The van der Waals surface area contributed by atoms with E-state index < -0.39 is 15.4 Å². The second-order valence-electron chi connectivity index (χ2n) is 4.67. The standard InChI is InChI=1S/C12H18N2O2S/c13-9-12(6-7-17(15,16)10-12)14-8-11-4-2-1-3-5-11/h1-5,14H,6-10,13H2. The van der Waals surface area contributed by atoms with Crippen molar-refractivity contribution in [3.8, 4) is 0 Å². The van der Waals surface area contributed by atoms with Crippen molar-refractivity contribution in [2.75, 3.05) is 18.1 Å². The van der Waals surface area contributed by atoms with Crippen LogP contribution in [0.5, 0.6) is 0 Å². The van der Waals surface area contributed by atoms with Gasteiger partial charge in [-0.15, -0.1) is 0 Å². The Hall–Kier alpha value is -0.910. The summed E-state index contributed by atoms with van der Waals surface area (Å²) in [6.07, 6.45) is 0.610. The lowest BCUT2D eigenvalue weighted by Crippen LogP contribution is -2.51. The predicted octanol–water partition coefficient (Wildman–Crippen LogP) is 0.292. The maximum atomic E-state index is 11.5. The van der Waals surface area contributed by atoms with Crippen molar-refractivity contribution in [1.29, 1.82) is 0 Å². The molecule has 1 atom stereocenters. The first kappa shape index (κ1) is 12.5. The zero-order valence-electron chi connectivity index (χ0n) is 9.72. The second kappa shape index (κ2) is 4.76. The highest BCUT2D eigenvalue weighted by Crippen LogP contribution is 2.22. The third-order valence-corrected chi connectivity index (χ3v) is 5.11. The van der Waals surface area contributed by atoms with Crippen LogP contribution in [0.3, 0.4) is 0 Å². The summed E-state index contributed by atoms with van der Waals surface area (Å²) in [5.74, 6) is 0.398. The van der Waals surface area contributed by atoms with Crippen LogP contribution < -0.4 is 11.1 Å². The summed E-state index contributed by atoms with van der Waals surface area (Å²) in [5.41, 5.74) is 6.43. The highest BCUT2D eigenvalue weighted by molar-refractivity contribution is 7.91. The van der Waals surface area contributed by atoms with Gasteiger partial charge in [0.15, 0.2) is 9.84 Å². The molecule has 3 N–H and O–H groups in total. The number of nitrogens with two attached hydrogens (primary N) is 1. The van der Waals surface area contributed by atoms with Crippen LogP contribution in [0.4, 0.5) is 0 Å². The van der Waals surface area contributed by atoms with Crippen LogP contribution in [-0.4, -0.2) is 32.0 Å². The van der Waals surface area contributed by atoms with Crippen molar-refractivity contribution in [1.82, 2.24) is 5.32 Å². The number of hydrogen-bond acceptors (Lipinski definition) is 4. The molecule has 4 nitrogen and oxygen atoms in total. The van der Waals surface area contributed by atoms with Crippen molar-refractivity contribution < 1.29 is 8.42 Å². The molecule has 0 radical (unpaired) electrons. The van der Waals surface area contributed by atoms with E-state index in [-0.39, 0.29) is 11.5 Å². The lowest BCUT2D eigenvalue weighted by atomic mass is 9.99. The van der Waals surface area contributed by atoms with Gasteiger partial charge in [0, 0.05) is 18.6 Å². The fraction of sp³-hybridized carbons (Fsp3) is 0.500. The molecule has 0 saturated carbocycles. The number of hydrogen-bond donors (Lipinski definition) is 2. The van der Waals surface area contributed by atoms with Crippen molar-refractivity contribution in [3.63, 3.8) is 0 Å². The van der Waals surface area contributed by atoms with Crippen LogP contribution in [0, 0.1) is 0 Å². The monoisotopic (exact) mass is 254 g/mol. The van der Waals surface area contributed by atoms with Crippen molar-refractivity contribution in [3.05, 3.63) is 35.9 Å². The molecule has 94 valence electrons. The van der Waals surface area contributed by atoms with E-state index in [1.54, 1.807) is 0 Å². The number of rotatable bonds is 4. The van der Waals surface area contributed by atoms with Crippen LogP contribution in [-0.2, 0) is 16.4 Å². The molecular weight excluding hydrogens is 236 g/mol. The minimum Gasteiger partial charge on any atom is -0.329 e. The van der Waals surface area contributed by atoms with Crippen LogP contribution >= 0.6 is 0 Å². The third-order valence-electron chi connectivity index (χ3n) is 3.29. The zero-order chi connectivity index (χ0) is 12.4. The first-order valence-corrected chi connectivity index (χ1v) is 7.57. The Morgan fingerprint density at radius 3 is 2.53 bits per heavy atom. The highest BCUT2D eigenvalue weighted by atomic mass is 32.2. The fourth-order valence-electron chi connectivity index (χ4n) is 2.17. The maximum absolute atomic E-state index is 11.5. The molecular formula is C12H18N2O2S. The summed E-state index contributed by atoms with van der Waals surface area (Å²) in [6.45, 7) is 1.02. The van der Waals surface area contributed by atoms with Gasteiger partial charge in [-0.1, -0.05) is 30.3 Å². The van der Waals surface area contributed by atoms with E-state index in [0.717, 1.165) is 5.56 Å². The van der Waals surface area contributed by atoms with Crippen molar-refractivity contribution >= 4 is 9.84 Å². The predicted molar refractivity (Wildman–Crippen MR) is 68.3 cm³/mol. The molecule has 0 amide bonds. The molecule has 1 aliphatic heterocycles.